The molecule has 0 aromatic carbocycles. The molecule has 0 amide bonds. The summed E-state index contributed by atoms with van der Waals surface area (Å²) in [6, 6.07) is 0. The Morgan fingerprint density at radius 3 is 1.33 bits per heavy atom. The Morgan fingerprint density at radius 1 is 1.00 bits per heavy atom. The van der Waals surface area contributed by atoms with Crippen LogP contribution >= 0.6 is 23.2 Å². The Bertz CT molecular complexity index is 56.5. The Hall–Kier alpha value is 0.994. The van der Waals surface area contributed by atoms with Gasteiger partial charge in [-0.25, -0.2) is 0 Å². The topological polar surface area (TPSA) is 18.5 Å². The van der Waals surface area contributed by atoms with Crippen LogP contribution in [0.3, 0.4) is 0 Å². The summed E-state index contributed by atoms with van der Waals surface area (Å²) in [7, 11) is 2.93. The first-order valence-electron chi connectivity index (χ1n) is 2.06. The fourth-order valence-electron chi connectivity index (χ4n) is 0.214. The molecule has 0 aliphatic heterocycles. The first-order chi connectivity index (χ1) is 3.72. The van der Waals surface area contributed by atoms with Crippen molar-refractivity contribution in [3.05, 3.63) is 0 Å². The van der Waals surface area contributed by atoms with Crippen molar-refractivity contribution in [2.24, 2.45) is 0 Å². The molecule has 0 bridgehead atoms. The van der Waals surface area contributed by atoms with Gasteiger partial charge in [0.15, 0.2) is 11.1 Å². The van der Waals surface area contributed by atoms with Crippen molar-refractivity contribution < 1.29 is 26.0 Å². The molecule has 0 spiro atoms. The molecule has 0 aliphatic rings. The van der Waals surface area contributed by atoms with E-state index in [1.165, 1.54) is 14.2 Å². The number of hydrogen-bond acceptors (Lipinski definition) is 2. The monoisotopic (exact) mass is 216 g/mol. The number of ether oxygens (including phenoxy) is 2. The smallest absolute Gasteiger partial charge is 0.362 e. The summed E-state index contributed by atoms with van der Waals surface area (Å²) in [6.45, 7) is 0. The second-order valence-electron chi connectivity index (χ2n) is 1.17. The summed E-state index contributed by atoms with van der Waals surface area (Å²) >= 11 is 10.9. The third-order valence-electron chi connectivity index (χ3n) is 0.656. The van der Waals surface area contributed by atoms with Crippen molar-refractivity contribution in [2.75, 3.05) is 14.2 Å². The maximum atomic E-state index is 5.44. The SMILES string of the molecule is COC(Cl)C(Cl)OC.[Ni+2]. The zero-order valence-electron chi connectivity index (χ0n) is 5.04. The molecule has 0 aromatic heterocycles. The Balaban J connectivity index is 0. The van der Waals surface area contributed by atoms with Gasteiger partial charge >= 0.3 is 16.5 Å². The van der Waals surface area contributed by atoms with Crippen molar-refractivity contribution in [3.8, 4) is 0 Å². The van der Waals surface area contributed by atoms with Gasteiger partial charge in [-0.3, -0.25) is 0 Å². The minimum Gasteiger partial charge on any atom is -0.362 e. The first-order valence-corrected chi connectivity index (χ1v) is 2.93. The van der Waals surface area contributed by atoms with Gasteiger partial charge in [-0.1, -0.05) is 23.2 Å². The minimum absolute atomic E-state index is 0. The van der Waals surface area contributed by atoms with Crippen molar-refractivity contribution in [3.63, 3.8) is 0 Å². The van der Waals surface area contributed by atoms with Gasteiger partial charge in [0.25, 0.3) is 0 Å². The second kappa shape index (κ2) is 7.10. The van der Waals surface area contributed by atoms with Crippen LogP contribution in [-0.2, 0) is 26.0 Å². The second-order valence-corrected chi connectivity index (χ2v) is 2.03. The molecule has 0 aromatic rings. The predicted molar refractivity (Wildman–Crippen MR) is 33.3 cm³/mol. The number of rotatable bonds is 3. The van der Waals surface area contributed by atoms with Crippen molar-refractivity contribution in [2.45, 2.75) is 11.1 Å². The van der Waals surface area contributed by atoms with Crippen LogP contribution < -0.4 is 0 Å². The molecular weight excluding hydrogens is 210 g/mol. The largest absolute Gasteiger partial charge is 2.00 e. The minimum atomic E-state index is -0.568. The van der Waals surface area contributed by atoms with Crippen LogP contribution in [0.5, 0.6) is 0 Å². The molecule has 0 saturated carbocycles. The van der Waals surface area contributed by atoms with Crippen LogP contribution in [0.1, 0.15) is 0 Å². The Labute approximate surface area is 74.7 Å². The van der Waals surface area contributed by atoms with Crippen LogP contribution in [0.15, 0.2) is 0 Å². The van der Waals surface area contributed by atoms with Gasteiger partial charge < -0.3 is 9.47 Å². The van der Waals surface area contributed by atoms with Crippen LogP contribution in [-0.4, -0.2) is 25.3 Å². The molecule has 2 nitrogen and oxygen atoms in total. The average molecular weight is 218 g/mol. The summed E-state index contributed by atoms with van der Waals surface area (Å²) in [4.78, 5) is 0. The summed E-state index contributed by atoms with van der Waals surface area (Å²) in [5.41, 5.74) is -1.14. The van der Waals surface area contributed by atoms with Gasteiger partial charge in [0, 0.05) is 14.2 Å². The fraction of sp³-hybridized carbons (Fsp3) is 1.00. The van der Waals surface area contributed by atoms with E-state index in [0.29, 0.717) is 0 Å². The Kier molecular flexibility index (Phi) is 9.99. The molecule has 0 aliphatic carbocycles. The van der Waals surface area contributed by atoms with E-state index in [2.05, 4.69) is 9.47 Å². The maximum Gasteiger partial charge on any atom is 2.00 e. The molecular formula is C4H8Cl2NiO2+2. The maximum absolute atomic E-state index is 5.44. The van der Waals surface area contributed by atoms with Gasteiger partial charge in [0.05, 0.1) is 0 Å². The number of hydrogen-bond donors (Lipinski definition) is 0. The number of halogens is 2. The molecule has 5 heteroatoms. The molecule has 0 fully saturated rings. The van der Waals surface area contributed by atoms with Gasteiger partial charge in [-0.2, -0.15) is 0 Å². The first kappa shape index (κ1) is 12.7. The van der Waals surface area contributed by atoms with Crippen LogP contribution in [0, 0.1) is 0 Å². The standard InChI is InChI=1S/C4H8Cl2O2.Ni/c1-7-3(5)4(6)8-2;/h3-4H,1-2H3;/q;+2. The van der Waals surface area contributed by atoms with Gasteiger partial charge in [-0.05, 0) is 0 Å². The molecule has 0 rings (SSSR count). The average Bonchev–Trinajstić information content (AvgIpc) is 1.84. The molecule has 0 heterocycles. The fourth-order valence-corrected chi connectivity index (χ4v) is 0.420. The van der Waals surface area contributed by atoms with Crippen LogP contribution in [0.2, 0.25) is 0 Å². The van der Waals surface area contributed by atoms with Gasteiger partial charge in [0.1, 0.15) is 0 Å². The number of alkyl halides is 2. The van der Waals surface area contributed by atoms with Crippen molar-refractivity contribution >= 4 is 23.2 Å². The van der Waals surface area contributed by atoms with E-state index in [9.17, 15) is 0 Å². The molecule has 0 N–H and O–H groups in total. The van der Waals surface area contributed by atoms with E-state index in [0.717, 1.165) is 0 Å². The normalized spacial score (nSPS) is 16.0. The van der Waals surface area contributed by atoms with Gasteiger partial charge in [0.2, 0.25) is 0 Å². The molecule has 2 unspecified atom stereocenters. The summed E-state index contributed by atoms with van der Waals surface area (Å²) in [5, 5.41) is 0. The van der Waals surface area contributed by atoms with Crippen LogP contribution in [0.4, 0.5) is 0 Å². The molecule has 0 radical (unpaired) electrons. The van der Waals surface area contributed by atoms with E-state index in [1.807, 2.05) is 0 Å². The summed E-state index contributed by atoms with van der Waals surface area (Å²) in [6.07, 6.45) is 0. The van der Waals surface area contributed by atoms with Gasteiger partial charge in [-0.15, -0.1) is 0 Å². The van der Waals surface area contributed by atoms with E-state index >= 15 is 0 Å². The Morgan fingerprint density at radius 2 is 1.22 bits per heavy atom. The van der Waals surface area contributed by atoms with E-state index in [1.54, 1.807) is 0 Å². The third kappa shape index (κ3) is 5.44. The molecule has 2 atom stereocenters. The third-order valence-corrected chi connectivity index (χ3v) is 1.60. The van der Waals surface area contributed by atoms with Crippen LogP contribution in [0.25, 0.3) is 0 Å². The van der Waals surface area contributed by atoms with E-state index in [-0.39, 0.29) is 16.5 Å². The summed E-state index contributed by atoms with van der Waals surface area (Å²) in [5.74, 6) is 0. The number of methoxy groups -OCH3 is 2. The van der Waals surface area contributed by atoms with Crippen molar-refractivity contribution in [1.82, 2.24) is 0 Å². The van der Waals surface area contributed by atoms with E-state index in [4.69, 9.17) is 23.2 Å². The zero-order valence-corrected chi connectivity index (χ0v) is 7.54. The zero-order chi connectivity index (χ0) is 6.57. The summed E-state index contributed by atoms with van der Waals surface area (Å²) < 4.78 is 9.22. The van der Waals surface area contributed by atoms with E-state index < -0.39 is 11.1 Å². The molecule has 9 heavy (non-hydrogen) atoms. The predicted octanol–water partition coefficient (Wildman–Crippen LogP) is 1.41. The quantitative estimate of drug-likeness (QED) is 0.526. The molecule has 58 valence electrons. The van der Waals surface area contributed by atoms with Crippen molar-refractivity contribution in [1.29, 1.82) is 0 Å². The molecule has 0 saturated heterocycles.